The average Bonchev–Trinajstić information content (AvgIpc) is 3.19. The summed E-state index contributed by atoms with van der Waals surface area (Å²) in [5.74, 6) is 0.867. The Kier molecular flexibility index (Phi) is 5.52. The van der Waals surface area contributed by atoms with E-state index in [9.17, 15) is 4.79 Å². The predicted molar refractivity (Wildman–Crippen MR) is 86.7 cm³/mol. The second-order valence-corrected chi connectivity index (χ2v) is 7.45. The Morgan fingerprint density at radius 2 is 2.30 bits per heavy atom. The van der Waals surface area contributed by atoms with E-state index in [1.54, 1.807) is 0 Å². The smallest absolute Gasteiger partial charge is 0.306 e. The van der Waals surface area contributed by atoms with E-state index in [0.717, 1.165) is 23.1 Å². The van der Waals surface area contributed by atoms with Crippen LogP contribution < -0.4 is 5.73 Å². The minimum absolute atomic E-state index is 0.102. The molecule has 1 unspecified atom stereocenters. The maximum absolute atomic E-state index is 11.4. The fraction of sp³-hybridized carbons (Fsp3) is 0.533. The number of carbonyl (C=O) groups excluding carboxylic acids is 1. The van der Waals surface area contributed by atoms with Gasteiger partial charge >= 0.3 is 5.97 Å². The van der Waals surface area contributed by atoms with Gasteiger partial charge in [0.15, 0.2) is 0 Å². The number of hydrogen-bond acceptors (Lipinski definition) is 4. The normalized spacial score (nSPS) is 17.6. The maximum Gasteiger partial charge on any atom is 0.306 e. The van der Waals surface area contributed by atoms with Crippen LogP contribution in [0.2, 0.25) is 0 Å². The molecule has 0 radical (unpaired) electrons. The Bertz CT molecular complexity index is 477. The minimum Gasteiger partial charge on any atom is -0.469 e. The number of thioether (sulfide) groups is 1. The van der Waals surface area contributed by atoms with Gasteiger partial charge in [0.25, 0.3) is 0 Å². The quantitative estimate of drug-likeness (QED) is 0.758. The first-order valence-corrected chi connectivity index (χ1v) is 8.57. The summed E-state index contributed by atoms with van der Waals surface area (Å²) in [6, 6.07) is 8.27. The van der Waals surface area contributed by atoms with Gasteiger partial charge in [-0.15, -0.1) is 0 Å². The fourth-order valence-electron chi connectivity index (χ4n) is 2.21. The summed E-state index contributed by atoms with van der Waals surface area (Å²) in [7, 11) is 1.45. The zero-order chi connectivity index (χ0) is 14.6. The SMILES string of the molecule is COC(=O)CC1(CSC(CN)c2cccc(Br)c2)CC1. The molecule has 20 heavy (non-hydrogen) atoms. The van der Waals surface area contributed by atoms with Crippen LogP contribution in [0.1, 0.15) is 30.1 Å². The summed E-state index contributed by atoms with van der Waals surface area (Å²) in [6.45, 7) is 0.607. The van der Waals surface area contributed by atoms with Crippen molar-refractivity contribution in [2.24, 2.45) is 11.1 Å². The molecule has 0 heterocycles. The molecule has 0 amide bonds. The highest BCUT2D eigenvalue weighted by Crippen LogP contribution is 2.52. The summed E-state index contributed by atoms with van der Waals surface area (Å²) < 4.78 is 5.85. The van der Waals surface area contributed by atoms with Crippen LogP contribution in [0.5, 0.6) is 0 Å². The van der Waals surface area contributed by atoms with E-state index in [2.05, 4.69) is 28.1 Å². The molecule has 0 aromatic heterocycles. The van der Waals surface area contributed by atoms with Crippen LogP contribution in [-0.4, -0.2) is 25.4 Å². The van der Waals surface area contributed by atoms with Crippen LogP contribution in [0.15, 0.2) is 28.7 Å². The van der Waals surface area contributed by atoms with Gasteiger partial charge in [-0.1, -0.05) is 28.1 Å². The van der Waals surface area contributed by atoms with E-state index >= 15 is 0 Å². The molecular weight excluding hydrogens is 338 g/mol. The molecule has 2 rings (SSSR count). The molecule has 0 bridgehead atoms. The predicted octanol–water partition coefficient (Wildman–Crippen LogP) is 3.53. The Morgan fingerprint density at radius 3 is 2.85 bits per heavy atom. The molecule has 1 fully saturated rings. The summed E-state index contributed by atoms with van der Waals surface area (Å²) in [6.07, 6.45) is 2.77. The third-order valence-corrected chi connectivity index (χ3v) is 5.87. The summed E-state index contributed by atoms with van der Waals surface area (Å²) in [4.78, 5) is 11.4. The van der Waals surface area contributed by atoms with Crippen molar-refractivity contribution in [3.63, 3.8) is 0 Å². The molecule has 1 aromatic rings. The van der Waals surface area contributed by atoms with E-state index in [1.165, 1.54) is 12.7 Å². The van der Waals surface area contributed by atoms with Crippen LogP contribution in [0.3, 0.4) is 0 Å². The van der Waals surface area contributed by atoms with E-state index in [-0.39, 0.29) is 16.6 Å². The van der Waals surface area contributed by atoms with Crippen LogP contribution in [0, 0.1) is 5.41 Å². The molecule has 1 aliphatic carbocycles. The van der Waals surface area contributed by atoms with Crippen LogP contribution in [0.25, 0.3) is 0 Å². The number of rotatable bonds is 7. The van der Waals surface area contributed by atoms with Crippen molar-refractivity contribution in [3.05, 3.63) is 34.3 Å². The molecule has 1 saturated carbocycles. The Hall–Kier alpha value is -0.520. The first-order chi connectivity index (χ1) is 9.58. The molecule has 0 aliphatic heterocycles. The number of halogens is 1. The third kappa shape index (κ3) is 4.24. The van der Waals surface area contributed by atoms with Gasteiger partial charge < -0.3 is 10.5 Å². The summed E-state index contributed by atoms with van der Waals surface area (Å²) in [5, 5.41) is 0.280. The van der Waals surface area contributed by atoms with Crippen LogP contribution in [-0.2, 0) is 9.53 Å². The second kappa shape index (κ2) is 6.96. The standard InChI is InChI=1S/C15H20BrNO2S/c1-19-14(18)8-15(5-6-15)10-20-13(9-17)11-3-2-4-12(16)7-11/h2-4,7,13H,5-6,8-10,17H2,1H3. The average molecular weight is 358 g/mol. The van der Waals surface area contributed by atoms with E-state index < -0.39 is 0 Å². The fourth-order valence-corrected chi connectivity index (χ4v) is 4.05. The van der Waals surface area contributed by atoms with Crippen molar-refractivity contribution in [1.29, 1.82) is 0 Å². The van der Waals surface area contributed by atoms with E-state index in [1.807, 2.05) is 23.9 Å². The van der Waals surface area contributed by atoms with Crippen LogP contribution in [0.4, 0.5) is 0 Å². The molecule has 5 heteroatoms. The maximum atomic E-state index is 11.4. The molecule has 1 atom stereocenters. The lowest BCUT2D eigenvalue weighted by Crippen LogP contribution is -2.16. The van der Waals surface area contributed by atoms with Crippen molar-refractivity contribution in [1.82, 2.24) is 0 Å². The molecule has 2 N–H and O–H groups in total. The Labute approximate surface area is 132 Å². The molecule has 110 valence electrons. The number of methoxy groups -OCH3 is 1. The summed E-state index contributed by atoms with van der Waals surface area (Å²) >= 11 is 5.35. The van der Waals surface area contributed by atoms with Crippen molar-refractivity contribution in [3.8, 4) is 0 Å². The highest BCUT2D eigenvalue weighted by molar-refractivity contribution is 9.10. The van der Waals surface area contributed by atoms with Gasteiger partial charge in [0.2, 0.25) is 0 Å². The number of esters is 1. The molecule has 1 aromatic carbocycles. The first kappa shape index (κ1) is 15.9. The minimum atomic E-state index is -0.102. The van der Waals surface area contributed by atoms with Crippen LogP contribution >= 0.6 is 27.7 Å². The zero-order valence-corrected chi connectivity index (χ0v) is 14.0. The number of hydrogen-bond donors (Lipinski definition) is 1. The lowest BCUT2D eigenvalue weighted by Gasteiger charge is -2.19. The number of nitrogens with two attached hydrogens (primary N) is 1. The van der Waals surface area contributed by atoms with Gasteiger partial charge in [-0.05, 0) is 36.0 Å². The largest absolute Gasteiger partial charge is 0.469 e. The lowest BCUT2D eigenvalue weighted by atomic mass is 10.1. The van der Waals surface area contributed by atoms with Crippen molar-refractivity contribution in [2.45, 2.75) is 24.5 Å². The van der Waals surface area contributed by atoms with Gasteiger partial charge in [0.1, 0.15) is 0 Å². The van der Waals surface area contributed by atoms with Gasteiger partial charge in [-0.2, -0.15) is 11.8 Å². The third-order valence-electron chi connectivity index (χ3n) is 3.73. The van der Waals surface area contributed by atoms with E-state index in [0.29, 0.717) is 13.0 Å². The first-order valence-electron chi connectivity index (χ1n) is 6.72. The Morgan fingerprint density at radius 1 is 1.55 bits per heavy atom. The van der Waals surface area contributed by atoms with Crippen molar-refractivity contribution in [2.75, 3.05) is 19.4 Å². The Balaban J connectivity index is 1.93. The van der Waals surface area contributed by atoms with E-state index in [4.69, 9.17) is 10.5 Å². The number of ether oxygens (including phenoxy) is 1. The monoisotopic (exact) mass is 357 g/mol. The van der Waals surface area contributed by atoms with Crippen molar-refractivity contribution >= 4 is 33.7 Å². The lowest BCUT2D eigenvalue weighted by molar-refractivity contribution is -0.141. The van der Waals surface area contributed by atoms with Gasteiger partial charge in [0.05, 0.1) is 13.5 Å². The zero-order valence-electron chi connectivity index (χ0n) is 11.6. The van der Waals surface area contributed by atoms with Gasteiger partial charge in [-0.25, -0.2) is 0 Å². The highest BCUT2D eigenvalue weighted by atomic mass is 79.9. The molecule has 0 saturated heterocycles. The topological polar surface area (TPSA) is 52.3 Å². The van der Waals surface area contributed by atoms with Crippen molar-refractivity contribution < 1.29 is 9.53 Å². The summed E-state index contributed by atoms with van der Waals surface area (Å²) in [5.41, 5.74) is 7.29. The highest BCUT2D eigenvalue weighted by Gasteiger charge is 2.44. The molecular formula is C15H20BrNO2S. The van der Waals surface area contributed by atoms with Gasteiger partial charge in [-0.3, -0.25) is 4.79 Å². The molecule has 3 nitrogen and oxygen atoms in total. The molecule has 1 aliphatic rings. The number of carbonyl (C=O) groups is 1. The van der Waals surface area contributed by atoms with Gasteiger partial charge in [0, 0.05) is 22.0 Å². The molecule has 0 spiro atoms. The second-order valence-electron chi connectivity index (χ2n) is 5.34. The number of benzene rings is 1.